The molecule has 0 aliphatic heterocycles. The molecule has 1 amide bonds. The Morgan fingerprint density at radius 3 is 2.28 bits per heavy atom. The molecular formula is C32H35N3O4. The highest BCUT2D eigenvalue weighted by Crippen LogP contribution is 2.46. The van der Waals surface area contributed by atoms with Gasteiger partial charge < -0.3 is 15.1 Å². The molecule has 1 atom stereocenters. The van der Waals surface area contributed by atoms with Crippen LogP contribution in [-0.2, 0) is 11.2 Å². The van der Waals surface area contributed by atoms with Gasteiger partial charge in [-0.1, -0.05) is 61.9 Å². The molecule has 1 fully saturated rings. The third-order valence-corrected chi connectivity index (χ3v) is 6.78. The van der Waals surface area contributed by atoms with Crippen molar-refractivity contribution in [3.63, 3.8) is 0 Å². The van der Waals surface area contributed by atoms with Crippen LogP contribution in [0.3, 0.4) is 0 Å². The lowest BCUT2D eigenvalue weighted by Crippen LogP contribution is -2.38. The molecule has 7 heteroatoms. The number of nitrogens with zero attached hydrogens (tertiary/aromatic N) is 3. The van der Waals surface area contributed by atoms with Crippen LogP contribution in [0.1, 0.15) is 72.0 Å². The number of carbonyl (C=O) groups is 2. The van der Waals surface area contributed by atoms with E-state index in [2.05, 4.69) is 0 Å². The maximum absolute atomic E-state index is 13.8. The number of aryl methyl sites for hydroxylation is 1. The van der Waals surface area contributed by atoms with Crippen LogP contribution >= 0.6 is 0 Å². The van der Waals surface area contributed by atoms with Crippen molar-refractivity contribution in [1.82, 2.24) is 14.9 Å². The summed E-state index contributed by atoms with van der Waals surface area (Å²) < 4.78 is 0. The predicted octanol–water partition coefficient (Wildman–Crippen LogP) is 6.33. The number of carbonyl (C=O) groups excluding carboxylic acids is 1. The van der Waals surface area contributed by atoms with Crippen LogP contribution in [-0.4, -0.2) is 43.5 Å². The average Bonchev–Trinajstić information content (AvgIpc) is 3.78. The number of amides is 1. The second-order valence-corrected chi connectivity index (χ2v) is 9.68. The van der Waals surface area contributed by atoms with E-state index in [9.17, 15) is 19.8 Å². The lowest BCUT2D eigenvalue weighted by Gasteiger charge is -2.33. The Labute approximate surface area is 229 Å². The number of carboxylic acids is 1. The quantitative estimate of drug-likeness (QED) is 0.265. The molecule has 0 bridgehead atoms. The molecule has 1 aromatic heterocycles. The summed E-state index contributed by atoms with van der Waals surface area (Å²) in [6.45, 7) is 6.02. The molecule has 1 heterocycles. The highest BCUT2D eigenvalue weighted by Gasteiger charge is 2.41. The first-order valence-electron chi connectivity index (χ1n) is 13.5. The Kier molecular flexibility index (Phi) is 8.92. The van der Waals surface area contributed by atoms with Gasteiger partial charge in [-0.3, -0.25) is 9.59 Å². The van der Waals surface area contributed by atoms with Gasteiger partial charge >= 0.3 is 5.97 Å². The summed E-state index contributed by atoms with van der Waals surface area (Å²) in [5.74, 6) is -0.941. The molecule has 39 heavy (non-hydrogen) atoms. The number of aliphatic carboxylic acids is 1. The number of phenolic OH excluding ortho intramolecular Hbond substituents is 1. The maximum Gasteiger partial charge on any atom is 0.305 e. The maximum atomic E-state index is 13.8. The number of aromatic hydroxyl groups is 1. The predicted molar refractivity (Wildman–Crippen MR) is 152 cm³/mol. The smallest absolute Gasteiger partial charge is 0.305 e. The molecule has 2 N–H and O–H groups in total. The van der Waals surface area contributed by atoms with Crippen LogP contribution in [0.15, 0.2) is 72.8 Å². The van der Waals surface area contributed by atoms with Gasteiger partial charge in [0, 0.05) is 24.6 Å². The van der Waals surface area contributed by atoms with Crippen molar-refractivity contribution in [1.29, 1.82) is 0 Å². The van der Waals surface area contributed by atoms with E-state index in [1.807, 2.05) is 63.2 Å². The van der Waals surface area contributed by atoms with Crippen LogP contribution < -0.4 is 0 Å². The fraction of sp³-hybridized carbons (Fsp3) is 0.312. The first kappa shape index (κ1) is 27.8. The third kappa shape index (κ3) is 6.79. The largest absolute Gasteiger partial charge is 0.508 e. The minimum atomic E-state index is -0.963. The van der Waals surface area contributed by atoms with E-state index in [4.69, 9.17) is 9.97 Å². The van der Waals surface area contributed by atoms with Crippen molar-refractivity contribution < 1.29 is 19.8 Å². The minimum absolute atomic E-state index is 0.0632. The molecule has 1 aliphatic carbocycles. The van der Waals surface area contributed by atoms with Crippen molar-refractivity contribution in [3.05, 3.63) is 101 Å². The second-order valence-electron chi connectivity index (χ2n) is 9.68. The van der Waals surface area contributed by atoms with Crippen molar-refractivity contribution in [2.24, 2.45) is 5.92 Å². The van der Waals surface area contributed by atoms with Crippen molar-refractivity contribution >= 4 is 22.9 Å². The summed E-state index contributed by atoms with van der Waals surface area (Å²) in [6, 6.07) is 21.8. The van der Waals surface area contributed by atoms with Gasteiger partial charge in [-0.05, 0) is 55.5 Å². The number of carboxylic acid groups (broad SMARTS) is 1. The zero-order chi connectivity index (χ0) is 27.9. The first-order chi connectivity index (χ1) is 18.9. The zero-order valence-electron chi connectivity index (χ0n) is 22.7. The van der Waals surface area contributed by atoms with Crippen molar-refractivity contribution in [2.75, 3.05) is 6.54 Å². The Hall–Kier alpha value is -4.26. The molecule has 1 aliphatic rings. The minimum Gasteiger partial charge on any atom is -0.508 e. The van der Waals surface area contributed by atoms with Gasteiger partial charge in [0.2, 0.25) is 0 Å². The highest BCUT2D eigenvalue weighted by atomic mass is 16.4. The molecule has 4 aromatic rings. The monoisotopic (exact) mass is 525 g/mol. The SMILES string of the molecule is CC.Cc1ccc(C(=O)N(CCC(=O)O)C(c2nc3cc(O)ccc3nc2Cc2ccccc2)C2CC2)cc1. The van der Waals surface area contributed by atoms with E-state index < -0.39 is 12.0 Å². The molecule has 1 saturated carbocycles. The lowest BCUT2D eigenvalue weighted by molar-refractivity contribution is -0.137. The van der Waals surface area contributed by atoms with Crippen molar-refractivity contribution in [2.45, 2.75) is 52.5 Å². The number of aromatic nitrogens is 2. The van der Waals surface area contributed by atoms with Gasteiger partial charge in [-0.15, -0.1) is 0 Å². The van der Waals surface area contributed by atoms with Gasteiger partial charge in [-0.25, -0.2) is 9.97 Å². The number of hydrogen-bond donors (Lipinski definition) is 2. The number of rotatable bonds is 9. The van der Waals surface area contributed by atoms with Crippen LogP contribution in [0.5, 0.6) is 5.75 Å². The molecule has 202 valence electrons. The van der Waals surface area contributed by atoms with E-state index in [1.165, 1.54) is 0 Å². The Balaban J connectivity index is 0.00000172. The normalized spacial score (nSPS) is 13.3. The standard InChI is InChI=1S/C30H29N3O4.C2H6/c1-19-7-9-22(10-8-19)30(37)33(16-15-27(35)36)29(21-11-12-21)28-26(17-20-5-3-2-4-6-20)31-24-14-13-23(34)18-25(24)32-28;1-2/h2-10,13-14,18,21,29,34H,11-12,15-17H2,1H3,(H,35,36);1-2H3. The van der Waals surface area contributed by atoms with Gasteiger partial charge in [0.25, 0.3) is 5.91 Å². The molecule has 3 aromatic carbocycles. The second kappa shape index (κ2) is 12.5. The third-order valence-electron chi connectivity index (χ3n) is 6.78. The lowest BCUT2D eigenvalue weighted by atomic mass is 9.98. The van der Waals surface area contributed by atoms with E-state index in [-0.39, 0.29) is 30.5 Å². The van der Waals surface area contributed by atoms with E-state index in [0.717, 1.165) is 29.7 Å². The van der Waals surface area contributed by atoms with Gasteiger partial charge in [-0.2, -0.15) is 0 Å². The van der Waals surface area contributed by atoms with E-state index in [0.29, 0.717) is 28.7 Å². The van der Waals surface area contributed by atoms with E-state index in [1.54, 1.807) is 35.2 Å². The van der Waals surface area contributed by atoms with Gasteiger partial charge in [0.15, 0.2) is 0 Å². The summed E-state index contributed by atoms with van der Waals surface area (Å²) in [6.07, 6.45) is 2.19. The molecule has 1 unspecified atom stereocenters. The fourth-order valence-corrected chi connectivity index (χ4v) is 4.73. The summed E-state index contributed by atoms with van der Waals surface area (Å²) in [5.41, 5.74) is 5.22. The topological polar surface area (TPSA) is 104 Å². The number of hydrogen-bond acceptors (Lipinski definition) is 5. The molecule has 0 spiro atoms. The Bertz CT molecular complexity index is 1430. The molecule has 7 nitrogen and oxygen atoms in total. The van der Waals surface area contributed by atoms with Gasteiger partial charge in [0.1, 0.15) is 5.75 Å². The van der Waals surface area contributed by atoms with Crippen molar-refractivity contribution in [3.8, 4) is 5.75 Å². The zero-order valence-corrected chi connectivity index (χ0v) is 22.7. The van der Waals surface area contributed by atoms with Crippen LogP contribution in [0.25, 0.3) is 11.0 Å². The number of benzene rings is 3. The number of fused-ring (bicyclic) bond motifs is 1. The summed E-state index contributed by atoms with van der Waals surface area (Å²) in [5, 5.41) is 19.6. The van der Waals surface area contributed by atoms with Crippen LogP contribution in [0, 0.1) is 12.8 Å². The number of phenols is 1. The summed E-state index contributed by atoms with van der Waals surface area (Å²) >= 11 is 0. The molecule has 0 radical (unpaired) electrons. The fourth-order valence-electron chi connectivity index (χ4n) is 4.73. The van der Waals surface area contributed by atoms with Crippen LogP contribution in [0.2, 0.25) is 0 Å². The summed E-state index contributed by atoms with van der Waals surface area (Å²) in [7, 11) is 0. The highest BCUT2D eigenvalue weighted by molar-refractivity contribution is 5.95. The van der Waals surface area contributed by atoms with E-state index >= 15 is 0 Å². The average molecular weight is 526 g/mol. The molecule has 5 rings (SSSR count). The Morgan fingerprint density at radius 2 is 1.64 bits per heavy atom. The first-order valence-corrected chi connectivity index (χ1v) is 13.5. The van der Waals surface area contributed by atoms with Crippen LogP contribution in [0.4, 0.5) is 0 Å². The molecule has 0 saturated heterocycles. The van der Waals surface area contributed by atoms with Gasteiger partial charge in [0.05, 0.1) is 34.9 Å². The molecular weight excluding hydrogens is 490 g/mol. The Morgan fingerprint density at radius 1 is 0.949 bits per heavy atom. The summed E-state index contributed by atoms with van der Waals surface area (Å²) in [4.78, 5) is 37.0.